The summed E-state index contributed by atoms with van der Waals surface area (Å²) in [5.41, 5.74) is 1.54. The normalized spacial score (nSPS) is 25.5. The summed E-state index contributed by atoms with van der Waals surface area (Å²) < 4.78 is 5.51. The maximum atomic E-state index is 5.51. The summed E-state index contributed by atoms with van der Waals surface area (Å²) in [5, 5.41) is 2.07. The van der Waals surface area contributed by atoms with E-state index >= 15 is 0 Å². The number of ether oxygens (including phenoxy) is 1. The van der Waals surface area contributed by atoms with Crippen LogP contribution in [0.5, 0.6) is 0 Å². The molecule has 0 bridgehead atoms. The molecule has 152 valence electrons. The molecule has 2 atom stereocenters. The summed E-state index contributed by atoms with van der Waals surface area (Å²) in [6, 6.07) is 0.585. The number of aryl methyl sites for hydroxylation is 2. The van der Waals surface area contributed by atoms with Gasteiger partial charge in [-0.1, -0.05) is 6.42 Å². The first-order valence-corrected chi connectivity index (χ1v) is 12.7. The van der Waals surface area contributed by atoms with E-state index in [0.717, 1.165) is 38.7 Å². The molecule has 1 saturated heterocycles. The van der Waals surface area contributed by atoms with Crippen LogP contribution < -0.4 is 4.90 Å². The highest BCUT2D eigenvalue weighted by molar-refractivity contribution is 7.99. The van der Waals surface area contributed by atoms with E-state index in [4.69, 9.17) is 14.7 Å². The van der Waals surface area contributed by atoms with Crippen molar-refractivity contribution in [2.75, 3.05) is 44.5 Å². The zero-order valence-corrected chi connectivity index (χ0v) is 18.6. The molecule has 1 aliphatic heterocycles. The molecule has 2 aliphatic carbocycles. The van der Waals surface area contributed by atoms with E-state index in [1.165, 1.54) is 54.6 Å². The van der Waals surface area contributed by atoms with Crippen molar-refractivity contribution in [1.29, 1.82) is 0 Å². The van der Waals surface area contributed by atoms with E-state index in [-0.39, 0.29) is 0 Å². The molecule has 0 aromatic carbocycles. The van der Waals surface area contributed by atoms with Crippen molar-refractivity contribution >= 4 is 39.1 Å². The zero-order valence-electron chi connectivity index (χ0n) is 16.9. The Morgan fingerprint density at radius 1 is 1.18 bits per heavy atom. The summed E-state index contributed by atoms with van der Waals surface area (Å²) in [4.78, 5) is 17.9. The van der Waals surface area contributed by atoms with E-state index in [1.54, 1.807) is 10.4 Å². The van der Waals surface area contributed by atoms with Crippen LogP contribution in [-0.4, -0.2) is 65.8 Å². The summed E-state index contributed by atoms with van der Waals surface area (Å²) in [7, 11) is 2.28. The van der Waals surface area contributed by atoms with Gasteiger partial charge in [0.1, 0.15) is 16.5 Å². The van der Waals surface area contributed by atoms with Crippen molar-refractivity contribution in [2.24, 2.45) is 0 Å². The highest BCUT2D eigenvalue weighted by Crippen LogP contribution is 2.42. The Labute approximate surface area is 175 Å². The van der Waals surface area contributed by atoms with Crippen molar-refractivity contribution in [3.63, 3.8) is 0 Å². The maximum absolute atomic E-state index is 5.51. The topological polar surface area (TPSA) is 41.5 Å². The van der Waals surface area contributed by atoms with Crippen LogP contribution in [0.1, 0.15) is 41.9 Å². The summed E-state index contributed by atoms with van der Waals surface area (Å²) in [6.07, 6.45) is 9.89. The van der Waals surface area contributed by atoms with Crippen LogP contribution in [0.15, 0.2) is 0 Å². The van der Waals surface area contributed by atoms with E-state index in [9.17, 15) is 0 Å². The molecule has 28 heavy (non-hydrogen) atoms. The summed E-state index contributed by atoms with van der Waals surface area (Å²) in [6.45, 7) is 4.42. The second kappa shape index (κ2) is 8.09. The van der Waals surface area contributed by atoms with E-state index in [0.29, 0.717) is 11.3 Å². The van der Waals surface area contributed by atoms with Gasteiger partial charge >= 0.3 is 0 Å². The van der Waals surface area contributed by atoms with E-state index in [1.807, 2.05) is 23.1 Å². The quantitative estimate of drug-likeness (QED) is 0.737. The lowest BCUT2D eigenvalue weighted by molar-refractivity contribution is 0.0331. The fourth-order valence-electron chi connectivity index (χ4n) is 5.09. The Kier molecular flexibility index (Phi) is 5.52. The molecule has 2 fully saturated rings. The standard InChI is InChI=1S/C21H30N4OS2/c1-24(15-6-4-8-17(15)27-2)20-19-14-5-3-7-16(14)28-21(19)23-18(22-20)13-25-9-11-26-12-10-25/h15,17H,3-13H2,1-2H3/t15-,17-/m1/s1. The second-order valence-electron chi connectivity index (χ2n) is 8.27. The van der Waals surface area contributed by atoms with Gasteiger partial charge in [0, 0.05) is 36.3 Å². The van der Waals surface area contributed by atoms with Crippen LogP contribution in [0.4, 0.5) is 5.82 Å². The van der Waals surface area contributed by atoms with Gasteiger partial charge in [-0.05, 0) is 43.9 Å². The van der Waals surface area contributed by atoms with E-state index < -0.39 is 0 Å². The minimum atomic E-state index is 0.585. The highest BCUT2D eigenvalue weighted by Gasteiger charge is 2.33. The van der Waals surface area contributed by atoms with Gasteiger partial charge < -0.3 is 9.64 Å². The fourth-order valence-corrected chi connectivity index (χ4v) is 7.40. The Morgan fingerprint density at radius 3 is 2.86 bits per heavy atom. The third kappa shape index (κ3) is 3.44. The number of anilines is 1. The van der Waals surface area contributed by atoms with Crippen LogP contribution in [-0.2, 0) is 24.1 Å². The molecule has 3 heterocycles. The molecule has 0 spiro atoms. The second-order valence-corrected chi connectivity index (χ2v) is 10.4. The number of fused-ring (bicyclic) bond motifs is 3. The van der Waals surface area contributed by atoms with Crippen molar-refractivity contribution in [1.82, 2.24) is 14.9 Å². The summed E-state index contributed by atoms with van der Waals surface area (Å²) in [5.74, 6) is 2.17. The number of hydrogen-bond acceptors (Lipinski definition) is 7. The Balaban J connectivity index is 1.54. The zero-order chi connectivity index (χ0) is 19.1. The van der Waals surface area contributed by atoms with Crippen LogP contribution in [0.2, 0.25) is 0 Å². The van der Waals surface area contributed by atoms with Gasteiger partial charge in [0.25, 0.3) is 0 Å². The molecule has 0 amide bonds. The van der Waals surface area contributed by atoms with Gasteiger partial charge in [0.15, 0.2) is 0 Å². The van der Waals surface area contributed by atoms with Crippen molar-refractivity contribution in [2.45, 2.75) is 56.4 Å². The largest absolute Gasteiger partial charge is 0.379 e. The number of nitrogens with zero attached hydrogens (tertiary/aromatic N) is 4. The van der Waals surface area contributed by atoms with Crippen LogP contribution in [0.25, 0.3) is 10.2 Å². The third-order valence-electron chi connectivity index (χ3n) is 6.61. The highest BCUT2D eigenvalue weighted by atomic mass is 32.2. The number of rotatable bonds is 5. The Hall–Kier alpha value is -0.890. The maximum Gasteiger partial charge on any atom is 0.146 e. The first kappa shape index (κ1) is 19.1. The lowest BCUT2D eigenvalue weighted by Crippen LogP contribution is -2.38. The predicted octanol–water partition coefficient (Wildman–Crippen LogP) is 3.73. The number of thioether (sulfide) groups is 1. The monoisotopic (exact) mass is 418 g/mol. The molecule has 1 saturated carbocycles. The van der Waals surface area contributed by atoms with Crippen molar-refractivity contribution in [3.8, 4) is 0 Å². The van der Waals surface area contributed by atoms with Gasteiger partial charge in [0.2, 0.25) is 0 Å². The molecule has 2 aromatic heterocycles. The Bertz CT molecular complexity index is 849. The van der Waals surface area contributed by atoms with Gasteiger partial charge in [-0.25, -0.2) is 9.97 Å². The first-order valence-electron chi connectivity index (χ1n) is 10.6. The molecule has 5 nitrogen and oxygen atoms in total. The van der Waals surface area contributed by atoms with Crippen molar-refractivity contribution < 1.29 is 4.74 Å². The number of aromatic nitrogens is 2. The smallest absolute Gasteiger partial charge is 0.146 e. The molecule has 0 radical (unpaired) electrons. The molecule has 7 heteroatoms. The minimum absolute atomic E-state index is 0.585. The average Bonchev–Trinajstić information content (AvgIpc) is 3.43. The molecule has 2 aromatic rings. The van der Waals surface area contributed by atoms with Crippen LogP contribution >= 0.6 is 23.1 Å². The molecule has 5 rings (SSSR count). The lowest BCUT2D eigenvalue weighted by atomic mass is 10.1. The fraction of sp³-hybridized carbons (Fsp3) is 0.714. The molecule has 3 aliphatic rings. The van der Waals surface area contributed by atoms with E-state index in [2.05, 4.69) is 23.1 Å². The van der Waals surface area contributed by atoms with Crippen LogP contribution in [0.3, 0.4) is 0 Å². The molecule has 0 N–H and O–H groups in total. The molecular formula is C21H30N4OS2. The lowest BCUT2D eigenvalue weighted by Gasteiger charge is -2.31. The number of morpholine rings is 1. The SMILES string of the molecule is CS[C@@H]1CCC[C@H]1N(C)c1nc(CN2CCOCC2)nc2sc3c(c12)CCC3. The third-order valence-corrected chi connectivity index (χ3v) is 8.95. The summed E-state index contributed by atoms with van der Waals surface area (Å²) >= 11 is 3.94. The van der Waals surface area contributed by atoms with Crippen molar-refractivity contribution in [3.05, 3.63) is 16.3 Å². The average molecular weight is 419 g/mol. The number of hydrogen-bond donors (Lipinski definition) is 0. The van der Waals surface area contributed by atoms with Gasteiger partial charge in [-0.2, -0.15) is 11.8 Å². The first-order chi connectivity index (χ1) is 13.7. The van der Waals surface area contributed by atoms with Gasteiger partial charge in [-0.15, -0.1) is 11.3 Å². The molecule has 0 unspecified atom stereocenters. The predicted molar refractivity (Wildman–Crippen MR) is 119 cm³/mol. The van der Waals surface area contributed by atoms with Crippen LogP contribution in [0, 0.1) is 0 Å². The Morgan fingerprint density at radius 2 is 2.04 bits per heavy atom. The number of thiophene rings is 1. The minimum Gasteiger partial charge on any atom is -0.379 e. The van der Waals surface area contributed by atoms with Gasteiger partial charge in [0.05, 0.1) is 25.1 Å². The van der Waals surface area contributed by atoms with Gasteiger partial charge in [-0.3, -0.25) is 4.90 Å². The molecular weight excluding hydrogens is 388 g/mol.